The number of carbonyl (C=O) groups is 2. The number of morpholine rings is 1. The second kappa shape index (κ2) is 8.63. The summed E-state index contributed by atoms with van der Waals surface area (Å²) < 4.78 is 5.31. The Bertz CT molecular complexity index is 746. The highest BCUT2D eigenvalue weighted by molar-refractivity contribution is 7.13. The summed E-state index contributed by atoms with van der Waals surface area (Å²) in [4.78, 5) is 32.2. The second-order valence-electron chi connectivity index (χ2n) is 5.84. The Morgan fingerprint density at radius 1 is 1.23 bits per heavy atom. The van der Waals surface area contributed by atoms with Crippen LogP contribution in [0, 0.1) is 0 Å². The Kier molecular flexibility index (Phi) is 6.03. The maximum Gasteiger partial charge on any atom is 0.336 e. The van der Waals surface area contributed by atoms with Crippen LogP contribution in [0.15, 0.2) is 35.7 Å². The number of rotatable bonds is 4. The topological polar surface area (TPSA) is 86.8 Å². The number of thiazole rings is 1. The van der Waals surface area contributed by atoms with Gasteiger partial charge in [-0.25, -0.2) is 15.2 Å². The number of nitrogens with zero attached hydrogens (tertiary/aromatic N) is 3. The van der Waals surface area contributed by atoms with Crippen molar-refractivity contribution in [3.05, 3.63) is 47.0 Å². The van der Waals surface area contributed by atoms with Gasteiger partial charge < -0.3 is 14.5 Å². The summed E-state index contributed by atoms with van der Waals surface area (Å²) in [5.74, 6) is -0.442. The third-order valence-corrected chi connectivity index (χ3v) is 4.80. The smallest absolute Gasteiger partial charge is 0.336 e. The number of anilines is 1. The Balaban J connectivity index is 1.48. The van der Waals surface area contributed by atoms with E-state index in [4.69, 9.17) is 4.74 Å². The number of carbonyl (C=O) groups excluding carboxylic acids is 2. The summed E-state index contributed by atoms with van der Waals surface area (Å²) in [7, 11) is 1.66. The van der Waals surface area contributed by atoms with E-state index in [0.717, 1.165) is 23.8 Å². The van der Waals surface area contributed by atoms with E-state index in [1.807, 2.05) is 30.3 Å². The predicted octanol–water partition coefficient (Wildman–Crippen LogP) is 1.47. The van der Waals surface area contributed by atoms with Gasteiger partial charge in [-0.15, -0.1) is 11.3 Å². The van der Waals surface area contributed by atoms with Gasteiger partial charge in [0.25, 0.3) is 5.91 Å². The molecule has 0 unspecified atom stereocenters. The number of aromatic nitrogens is 1. The van der Waals surface area contributed by atoms with Crippen molar-refractivity contribution in [2.24, 2.45) is 0 Å². The fourth-order valence-corrected chi connectivity index (χ4v) is 3.33. The molecule has 0 saturated carbocycles. The molecule has 3 rings (SSSR count). The van der Waals surface area contributed by atoms with Gasteiger partial charge in [-0.1, -0.05) is 30.3 Å². The molecule has 0 radical (unpaired) electrons. The normalized spacial score (nSPS) is 14.0. The standard InChI is InChI=1S/C17H21N5O3S/c1-21(11-13-5-3-2-4-6-13)16(24)20-19-15(23)14-12-26-17(18-14)22-7-9-25-10-8-22/h2-6,12H,7-11H2,1H3,(H,19,23)(H,20,24). The number of benzene rings is 1. The lowest BCUT2D eigenvalue weighted by Crippen LogP contribution is -2.47. The number of ether oxygens (including phenoxy) is 1. The number of amides is 3. The Labute approximate surface area is 155 Å². The molecule has 1 aromatic heterocycles. The van der Waals surface area contributed by atoms with Crippen LogP contribution in [0.25, 0.3) is 0 Å². The molecule has 2 aromatic rings. The monoisotopic (exact) mass is 375 g/mol. The first-order valence-corrected chi connectivity index (χ1v) is 9.15. The summed E-state index contributed by atoms with van der Waals surface area (Å²) in [6.07, 6.45) is 0. The summed E-state index contributed by atoms with van der Waals surface area (Å²) in [6, 6.07) is 9.22. The average Bonchev–Trinajstić information content (AvgIpc) is 3.17. The van der Waals surface area contributed by atoms with Gasteiger partial charge in [0.1, 0.15) is 5.69 Å². The van der Waals surface area contributed by atoms with Gasteiger partial charge in [-0.3, -0.25) is 10.2 Å². The number of hydrogen-bond donors (Lipinski definition) is 2. The molecule has 1 aliphatic heterocycles. The quantitative estimate of drug-likeness (QED) is 0.791. The van der Waals surface area contributed by atoms with Crippen molar-refractivity contribution in [1.82, 2.24) is 20.7 Å². The van der Waals surface area contributed by atoms with E-state index in [-0.39, 0.29) is 5.69 Å². The van der Waals surface area contributed by atoms with E-state index >= 15 is 0 Å². The highest BCUT2D eigenvalue weighted by atomic mass is 32.1. The van der Waals surface area contributed by atoms with Crippen LogP contribution in [-0.4, -0.2) is 55.2 Å². The molecule has 8 nitrogen and oxygen atoms in total. The van der Waals surface area contributed by atoms with Gasteiger partial charge in [0.2, 0.25) is 0 Å². The maximum absolute atomic E-state index is 12.2. The fraction of sp³-hybridized carbons (Fsp3) is 0.353. The molecule has 0 spiro atoms. The molecule has 138 valence electrons. The van der Waals surface area contributed by atoms with Gasteiger partial charge in [0.05, 0.1) is 13.2 Å². The summed E-state index contributed by atoms with van der Waals surface area (Å²) >= 11 is 1.40. The SMILES string of the molecule is CN(Cc1ccccc1)C(=O)NNC(=O)c1csc(N2CCOCC2)n1. The number of urea groups is 1. The van der Waals surface area contributed by atoms with Crippen molar-refractivity contribution in [2.75, 3.05) is 38.3 Å². The molecule has 2 N–H and O–H groups in total. The third kappa shape index (κ3) is 4.70. The largest absolute Gasteiger partial charge is 0.378 e. The zero-order valence-electron chi connectivity index (χ0n) is 14.5. The van der Waals surface area contributed by atoms with Crippen molar-refractivity contribution < 1.29 is 14.3 Å². The van der Waals surface area contributed by atoms with Gasteiger partial charge in [-0.05, 0) is 5.56 Å². The Morgan fingerprint density at radius 2 is 1.96 bits per heavy atom. The van der Waals surface area contributed by atoms with Crippen molar-refractivity contribution in [2.45, 2.75) is 6.54 Å². The molecule has 26 heavy (non-hydrogen) atoms. The Hall–Kier alpha value is -2.65. The van der Waals surface area contributed by atoms with Gasteiger partial charge in [0.15, 0.2) is 5.13 Å². The van der Waals surface area contributed by atoms with Crippen LogP contribution < -0.4 is 15.8 Å². The first-order chi connectivity index (χ1) is 12.6. The van der Waals surface area contributed by atoms with Crippen molar-refractivity contribution in [3.8, 4) is 0 Å². The molecular weight excluding hydrogens is 354 g/mol. The van der Waals surface area contributed by atoms with E-state index in [0.29, 0.717) is 19.8 Å². The molecule has 0 atom stereocenters. The van der Waals surface area contributed by atoms with Crippen LogP contribution in [0.5, 0.6) is 0 Å². The van der Waals surface area contributed by atoms with Gasteiger partial charge in [0, 0.05) is 32.1 Å². The van der Waals surface area contributed by atoms with Crippen LogP contribution in [0.1, 0.15) is 16.1 Å². The van der Waals surface area contributed by atoms with Crippen molar-refractivity contribution in [3.63, 3.8) is 0 Å². The summed E-state index contributed by atoms with van der Waals surface area (Å²) in [6.45, 7) is 3.28. The van der Waals surface area contributed by atoms with Crippen LogP contribution in [0.3, 0.4) is 0 Å². The minimum Gasteiger partial charge on any atom is -0.378 e. The van der Waals surface area contributed by atoms with Crippen LogP contribution in [-0.2, 0) is 11.3 Å². The molecule has 9 heteroatoms. The molecule has 0 bridgehead atoms. The molecular formula is C17H21N5O3S. The fourth-order valence-electron chi connectivity index (χ4n) is 2.47. The second-order valence-corrected chi connectivity index (χ2v) is 6.68. The van der Waals surface area contributed by atoms with Crippen LogP contribution in [0.4, 0.5) is 9.93 Å². The van der Waals surface area contributed by atoms with Crippen LogP contribution >= 0.6 is 11.3 Å². The van der Waals surface area contributed by atoms with Crippen molar-refractivity contribution in [1.29, 1.82) is 0 Å². The summed E-state index contributed by atoms with van der Waals surface area (Å²) in [5.41, 5.74) is 6.10. The number of nitrogens with one attached hydrogen (secondary N) is 2. The van der Waals surface area contributed by atoms with Crippen LogP contribution in [0.2, 0.25) is 0 Å². The first kappa shape index (κ1) is 18.2. The Morgan fingerprint density at radius 3 is 2.69 bits per heavy atom. The molecule has 1 fully saturated rings. The lowest BCUT2D eigenvalue weighted by atomic mass is 10.2. The lowest BCUT2D eigenvalue weighted by Gasteiger charge is -2.25. The van der Waals surface area contributed by atoms with E-state index in [9.17, 15) is 9.59 Å². The van der Waals surface area contributed by atoms with Crippen molar-refractivity contribution >= 4 is 28.4 Å². The molecule has 3 amide bonds. The number of hydrogen-bond acceptors (Lipinski definition) is 6. The molecule has 1 aromatic carbocycles. The molecule has 2 heterocycles. The number of hydrazine groups is 1. The van der Waals surface area contributed by atoms with E-state index in [1.165, 1.54) is 16.2 Å². The highest BCUT2D eigenvalue weighted by Crippen LogP contribution is 2.21. The van der Waals surface area contributed by atoms with Gasteiger partial charge >= 0.3 is 6.03 Å². The van der Waals surface area contributed by atoms with Gasteiger partial charge in [-0.2, -0.15) is 0 Å². The van der Waals surface area contributed by atoms with E-state index < -0.39 is 11.9 Å². The first-order valence-electron chi connectivity index (χ1n) is 8.27. The lowest BCUT2D eigenvalue weighted by molar-refractivity contribution is 0.0927. The summed E-state index contributed by atoms with van der Waals surface area (Å²) in [5, 5.41) is 2.46. The van der Waals surface area contributed by atoms with E-state index in [2.05, 4.69) is 20.7 Å². The minimum absolute atomic E-state index is 0.280. The third-order valence-electron chi connectivity index (χ3n) is 3.90. The molecule has 1 aliphatic rings. The van der Waals surface area contributed by atoms with E-state index in [1.54, 1.807) is 12.4 Å². The molecule has 0 aliphatic carbocycles. The minimum atomic E-state index is -0.442. The predicted molar refractivity (Wildman–Crippen MR) is 99.1 cm³/mol. The zero-order valence-corrected chi connectivity index (χ0v) is 15.3. The molecule has 1 saturated heterocycles. The zero-order chi connectivity index (χ0) is 18.4. The highest BCUT2D eigenvalue weighted by Gasteiger charge is 2.18. The average molecular weight is 375 g/mol. The maximum atomic E-state index is 12.2.